The number of carbonyl (C=O) groups is 1. The molecule has 1 saturated carbocycles. The summed E-state index contributed by atoms with van der Waals surface area (Å²) in [5.41, 5.74) is 1.85. The van der Waals surface area contributed by atoms with Crippen LogP contribution in [0.25, 0.3) is 10.2 Å². The zero-order chi connectivity index (χ0) is 18.9. The number of anilines is 2. The Morgan fingerprint density at radius 2 is 1.96 bits per heavy atom. The summed E-state index contributed by atoms with van der Waals surface area (Å²) < 4.78 is 1.14. The molecule has 0 atom stereocenters. The van der Waals surface area contributed by atoms with Gasteiger partial charge in [-0.05, 0) is 56.0 Å². The summed E-state index contributed by atoms with van der Waals surface area (Å²) in [6.07, 6.45) is 6.17. The van der Waals surface area contributed by atoms with E-state index in [4.69, 9.17) is 4.98 Å². The zero-order valence-corrected chi connectivity index (χ0v) is 16.4. The lowest BCUT2D eigenvalue weighted by molar-refractivity contribution is 0.246. The molecule has 1 saturated heterocycles. The van der Waals surface area contributed by atoms with Gasteiger partial charge in [0.25, 0.3) is 0 Å². The molecule has 7 heteroatoms. The normalized spacial score (nSPS) is 17.6. The molecule has 0 bridgehead atoms. The van der Waals surface area contributed by atoms with Gasteiger partial charge in [-0.25, -0.2) is 14.8 Å². The van der Waals surface area contributed by atoms with Crippen molar-refractivity contribution in [3.8, 4) is 0 Å². The minimum atomic E-state index is -0.137. The van der Waals surface area contributed by atoms with Crippen molar-refractivity contribution in [3.63, 3.8) is 0 Å². The number of fused-ring (bicyclic) bond motifs is 1. The Labute approximate surface area is 168 Å². The maximum absolute atomic E-state index is 12.4. The molecule has 3 heterocycles. The number of nitrogens with one attached hydrogen (secondary N) is 2. The number of hydrogen-bond acceptors (Lipinski definition) is 5. The second-order valence-corrected chi connectivity index (χ2v) is 8.62. The standard InChI is InChI=1S/C21H23N5OS/c27-21(23-15-8-11-26(12-9-15)19-3-1-2-10-22-19)24-16-6-7-17-18(13-16)28-20(25-17)14-4-5-14/h1-3,6-7,10,13-15H,4-5,8-9,11-12H2,(H2,23,24,27). The lowest BCUT2D eigenvalue weighted by atomic mass is 10.1. The molecule has 1 aliphatic carbocycles. The predicted octanol–water partition coefficient (Wildman–Crippen LogP) is 4.36. The van der Waals surface area contributed by atoms with Gasteiger partial charge in [0, 0.05) is 36.9 Å². The van der Waals surface area contributed by atoms with Crippen LogP contribution in [0.1, 0.15) is 36.6 Å². The molecule has 2 N–H and O–H groups in total. The zero-order valence-electron chi connectivity index (χ0n) is 15.6. The van der Waals surface area contributed by atoms with Crippen molar-refractivity contribution in [1.82, 2.24) is 15.3 Å². The summed E-state index contributed by atoms with van der Waals surface area (Å²) in [7, 11) is 0. The lowest BCUT2D eigenvalue weighted by Gasteiger charge is -2.33. The molecule has 0 radical (unpaired) electrons. The maximum atomic E-state index is 12.4. The van der Waals surface area contributed by atoms with Gasteiger partial charge in [0.05, 0.1) is 15.2 Å². The van der Waals surface area contributed by atoms with Gasteiger partial charge in [0.1, 0.15) is 5.82 Å². The molecule has 2 aromatic heterocycles. The first-order chi connectivity index (χ1) is 13.7. The van der Waals surface area contributed by atoms with E-state index < -0.39 is 0 Å². The van der Waals surface area contributed by atoms with E-state index in [1.807, 2.05) is 42.6 Å². The van der Waals surface area contributed by atoms with Crippen LogP contribution in [-0.4, -0.2) is 35.1 Å². The molecule has 28 heavy (non-hydrogen) atoms. The molecule has 5 rings (SSSR count). The number of pyridine rings is 1. The number of benzene rings is 1. The van der Waals surface area contributed by atoms with Crippen molar-refractivity contribution in [2.45, 2.75) is 37.6 Å². The van der Waals surface area contributed by atoms with E-state index in [0.29, 0.717) is 5.92 Å². The average Bonchev–Trinajstić information content (AvgIpc) is 3.48. The molecule has 0 unspecified atom stereocenters. The Morgan fingerprint density at radius 3 is 2.71 bits per heavy atom. The van der Waals surface area contributed by atoms with Gasteiger partial charge < -0.3 is 15.5 Å². The van der Waals surface area contributed by atoms with E-state index in [0.717, 1.165) is 47.7 Å². The third-order valence-electron chi connectivity index (χ3n) is 5.39. The van der Waals surface area contributed by atoms with Crippen molar-refractivity contribution in [3.05, 3.63) is 47.6 Å². The minimum absolute atomic E-state index is 0.137. The van der Waals surface area contributed by atoms with Gasteiger partial charge in [-0.2, -0.15) is 0 Å². The second kappa shape index (κ2) is 7.39. The van der Waals surface area contributed by atoms with E-state index in [9.17, 15) is 4.79 Å². The molecular formula is C21H23N5OS. The molecule has 3 aromatic rings. The predicted molar refractivity (Wildman–Crippen MR) is 113 cm³/mol. The largest absolute Gasteiger partial charge is 0.356 e. The third-order valence-corrected chi connectivity index (χ3v) is 6.57. The van der Waals surface area contributed by atoms with Gasteiger partial charge in [-0.3, -0.25) is 0 Å². The van der Waals surface area contributed by atoms with Crippen LogP contribution in [0.3, 0.4) is 0 Å². The molecule has 6 nitrogen and oxygen atoms in total. The molecule has 2 fully saturated rings. The molecular weight excluding hydrogens is 370 g/mol. The molecule has 1 aliphatic heterocycles. The Hall–Kier alpha value is -2.67. The highest BCUT2D eigenvalue weighted by molar-refractivity contribution is 7.18. The van der Waals surface area contributed by atoms with Crippen LogP contribution in [-0.2, 0) is 0 Å². The number of urea groups is 1. The van der Waals surface area contributed by atoms with Gasteiger partial charge in [-0.1, -0.05) is 6.07 Å². The number of thiazole rings is 1. The SMILES string of the molecule is O=C(Nc1ccc2nc(C3CC3)sc2c1)NC1CCN(c2ccccn2)CC1. The first kappa shape index (κ1) is 17.4. The van der Waals surface area contributed by atoms with Crippen molar-refractivity contribution >= 4 is 39.1 Å². The highest BCUT2D eigenvalue weighted by Gasteiger charge is 2.27. The number of nitrogens with zero attached hydrogens (tertiary/aromatic N) is 3. The fourth-order valence-electron chi connectivity index (χ4n) is 3.67. The molecule has 0 spiro atoms. The quantitative estimate of drug-likeness (QED) is 0.691. The number of aromatic nitrogens is 2. The van der Waals surface area contributed by atoms with E-state index in [1.165, 1.54) is 17.8 Å². The molecule has 1 aromatic carbocycles. The van der Waals surface area contributed by atoms with Crippen molar-refractivity contribution < 1.29 is 4.79 Å². The van der Waals surface area contributed by atoms with Crippen molar-refractivity contribution in [2.24, 2.45) is 0 Å². The van der Waals surface area contributed by atoms with Crippen LogP contribution >= 0.6 is 11.3 Å². The minimum Gasteiger partial charge on any atom is -0.356 e. The fourth-order valence-corrected chi connectivity index (χ4v) is 4.85. The highest BCUT2D eigenvalue weighted by Crippen LogP contribution is 2.43. The van der Waals surface area contributed by atoms with Crippen LogP contribution in [0.5, 0.6) is 0 Å². The summed E-state index contributed by atoms with van der Waals surface area (Å²) in [5.74, 6) is 1.67. The number of amides is 2. The van der Waals surface area contributed by atoms with E-state index >= 15 is 0 Å². The summed E-state index contributed by atoms with van der Waals surface area (Å²) >= 11 is 1.75. The fraction of sp³-hybridized carbons (Fsp3) is 0.381. The highest BCUT2D eigenvalue weighted by atomic mass is 32.1. The van der Waals surface area contributed by atoms with E-state index in [2.05, 4.69) is 20.5 Å². The lowest BCUT2D eigenvalue weighted by Crippen LogP contribution is -2.46. The Kier molecular flexibility index (Phi) is 4.60. The topological polar surface area (TPSA) is 70.2 Å². The Balaban J connectivity index is 1.16. The van der Waals surface area contributed by atoms with Crippen LogP contribution in [0.4, 0.5) is 16.3 Å². The summed E-state index contributed by atoms with van der Waals surface area (Å²) in [4.78, 5) is 23.8. The molecule has 2 amide bonds. The first-order valence-electron chi connectivity index (χ1n) is 9.88. The van der Waals surface area contributed by atoms with Crippen molar-refractivity contribution in [1.29, 1.82) is 0 Å². The Morgan fingerprint density at radius 1 is 1.11 bits per heavy atom. The van der Waals surface area contributed by atoms with Crippen LogP contribution in [0, 0.1) is 0 Å². The van der Waals surface area contributed by atoms with E-state index in [1.54, 1.807) is 11.3 Å². The smallest absolute Gasteiger partial charge is 0.319 e. The van der Waals surface area contributed by atoms with Crippen molar-refractivity contribution in [2.75, 3.05) is 23.3 Å². The van der Waals surface area contributed by atoms with Gasteiger partial charge in [0.2, 0.25) is 0 Å². The Bertz CT molecular complexity index is 977. The monoisotopic (exact) mass is 393 g/mol. The van der Waals surface area contributed by atoms with E-state index in [-0.39, 0.29) is 12.1 Å². The molecule has 144 valence electrons. The summed E-state index contributed by atoms with van der Waals surface area (Å²) in [6.45, 7) is 1.80. The number of carbonyl (C=O) groups excluding carboxylic acids is 1. The van der Waals surface area contributed by atoms with Gasteiger partial charge in [-0.15, -0.1) is 11.3 Å². The average molecular weight is 394 g/mol. The maximum Gasteiger partial charge on any atom is 0.319 e. The second-order valence-electron chi connectivity index (χ2n) is 7.56. The van der Waals surface area contributed by atoms with Crippen LogP contribution in [0.15, 0.2) is 42.6 Å². The van der Waals surface area contributed by atoms with Gasteiger partial charge >= 0.3 is 6.03 Å². The molecule has 2 aliphatic rings. The number of hydrogen-bond donors (Lipinski definition) is 2. The van der Waals surface area contributed by atoms with Crippen LogP contribution < -0.4 is 15.5 Å². The summed E-state index contributed by atoms with van der Waals surface area (Å²) in [5, 5.41) is 7.33. The number of rotatable bonds is 4. The number of piperidine rings is 1. The third kappa shape index (κ3) is 3.80. The van der Waals surface area contributed by atoms with Crippen LogP contribution in [0.2, 0.25) is 0 Å². The van der Waals surface area contributed by atoms with Gasteiger partial charge in [0.15, 0.2) is 0 Å². The summed E-state index contributed by atoms with van der Waals surface area (Å²) in [6, 6.07) is 12.0. The first-order valence-corrected chi connectivity index (χ1v) is 10.7.